The van der Waals surface area contributed by atoms with Crippen LogP contribution < -0.4 is 5.32 Å². The van der Waals surface area contributed by atoms with Crippen LogP contribution in [0.1, 0.15) is 5.56 Å². The molecule has 0 aromatic heterocycles. The zero-order valence-electron chi connectivity index (χ0n) is 6.82. The van der Waals surface area contributed by atoms with Crippen molar-refractivity contribution in [1.82, 2.24) is 0 Å². The number of hydrogen-bond donors (Lipinski definition) is 2. The second kappa shape index (κ2) is 3.88. The molecule has 0 aliphatic heterocycles. The van der Waals surface area contributed by atoms with Crippen LogP contribution in [0.15, 0.2) is 24.3 Å². The number of nitrogens with one attached hydrogen (secondary N) is 1. The Morgan fingerprint density at radius 2 is 2.00 bits per heavy atom. The van der Waals surface area contributed by atoms with Crippen LogP contribution >= 0.6 is 0 Å². The predicted molar refractivity (Wildman–Crippen MR) is 46.9 cm³/mol. The summed E-state index contributed by atoms with van der Waals surface area (Å²) in [5.41, 5.74) is 1.88. The second-order valence-electron chi connectivity index (χ2n) is 2.59. The first-order chi connectivity index (χ1) is 5.72. The number of rotatable bonds is 3. The molecule has 0 saturated carbocycles. The van der Waals surface area contributed by atoms with Crippen LogP contribution in [-0.2, 0) is 4.79 Å². The number of carbonyl (C=O) groups excluding carboxylic acids is 1. The fourth-order valence-electron chi connectivity index (χ4n) is 0.855. The minimum Gasteiger partial charge on any atom is -0.367 e. The molecule has 0 spiro atoms. The van der Waals surface area contributed by atoms with Crippen molar-refractivity contribution in [3.05, 3.63) is 29.8 Å². The first kappa shape index (κ1) is 8.74. The monoisotopic (exact) mass is 165 g/mol. The summed E-state index contributed by atoms with van der Waals surface area (Å²) in [6.07, 6.45) is -0.674. The lowest BCUT2D eigenvalue weighted by Gasteiger charge is -2.07. The van der Waals surface area contributed by atoms with Crippen LogP contribution in [0.2, 0.25) is 0 Å². The van der Waals surface area contributed by atoms with E-state index in [1.54, 1.807) is 0 Å². The number of benzene rings is 1. The third-order valence-electron chi connectivity index (χ3n) is 1.50. The highest BCUT2D eigenvalue weighted by molar-refractivity contribution is 5.61. The minimum absolute atomic E-state index is 0.444. The fraction of sp³-hybridized carbons (Fsp3) is 0.222. The molecule has 1 aromatic carbocycles. The number of aliphatic hydroxyl groups is 1. The lowest BCUT2D eigenvalue weighted by Crippen LogP contribution is -2.19. The molecule has 3 nitrogen and oxygen atoms in total. The molecule has 12 heavy (non-hydrogen) atoms. The summed E-state index contributed by atoms with van der Waals surface area (Å²) in [5, 5.41) is 11.5. The molecule has 0 aliphatic carbocycles. The van der Waals surface area contributed by atoms with Crippen molar-refractivity contribution in [2.24, 2.45) is 0 Å². The summed E-state index contributed by atoms with van der Waals surface area (Å²) < 4.78 is 0. The van der Waals surface area contributed by atoms with Crippen molar-refractivity contribution >= 4 is 12.0 Å². The van der Waals surface area contributed by atoms with E-state index in [1.165, 1.54) is 0 Å². The van der Waals surface area contributed by atoms with E-state index in [4.69, 9.17) is 5.11 Å². The molecule has 1 aromatic rings. The number of hydrogen-bond acceptors (Lipinski definition) is 3. The van der Waals surface area contributed by atoms with Crippen LogP contribution in [0.3, 0.4) is 0 Å². The molecule has 0 aliphatic rings. The van der Waals surface area contributed by atoms with Crippen LogP contribution in [0, 0.1) is 6.92 Å². The van der Waals surface area contributed by atoms with E-state index in [9.17, 15) is 4.79 Å². The molecule has 0 radical (unpaired) electrons. The Morgan fingerprint density at radius 3 is 2.50 bits per heavy atom. The quantitative estimate of drug-likeness (QED) is 0.517. The Kier molecular flexibility index (Phi) is 2.82. The standard InChI is InChI=1S/C9H11NO2/c1-7-2-4-8(5-3-7)10-9(12)6-11/h2-6,9-10,12H,1H3. The Balaban J connectivity index is 2.64. The van der Waals surface area contributed by atoms with Gasteiger partial charge in [-0.05, 0) is 19.1 Å². The van der Waals surface area contributed by atoms with Gasteiger partial charge >= 0.3 is 0 Å². The molecule has 2 N–H and O–H groups in total. The SMILES string of the molecule is Cc1ccc(NC(O)C=O)cc1. The van der Waals surface area contributed by atoms with Gasteiger partial charge in [0.1, 0.15) is 0 Å². The fourth-order valence-corrected chi connectivity index (χ4v) is 0.855. The molecular weight excluding hydrogens is 154 g/mol. The van der Waals surface area contributed by atoms with E-state index in [0.29, 0.717) is 6.29 Å². The highest BCUT2D eigenvalue weighted by atomic mass is 16.3. The maximum Gasteiger partial charge on any atom is 0.181 e. The molecule has 0 heterocycles. The molecule has 0 saturated heterocycles. The summed E-state index contributed by atoms with van der Waals surface area (Å²) in [6, 6.07) is 7.42. The van der Waals surface area contributed by atoms with E-state index >= 15 is 0 Å². The first-order valence-corrected chi connectivity index (χ1v) is 3.69. The molecular formula is C9H11NO2. The van der Waals surface area contributed by atoms with E-state index < -0.39 is 6.23 Å². The van der Waals surface area contributed by atoms with Gasteiger partial charge in [-0.15, -0.1) is 0 Å². The van der Waals surface area contributed by atoms with E-state index in [-0.39, 0.29) is 0 Å². The van der Waals surface area contributed by atoms with E-state index in [0.717, 1.165) is 11.3 Å². The average Bonchev–Trinajstić information content (AvgIpc) is 2.09. The van der Waals surface area contributed by atoms with Crippen molar-refractivity contribution in [3.63, 3.8) is 0 Å². The number of aliphatic hydroxyl groups excluding tert-OH is 1. The Morgan fingerprint density at radius 1 is 1.42 bits per heavy atom. The zero-order chi connectivity index (χ0) is 8.97. The minimum atomic E-state index is -1.12. The molecule has 64 valence electrons. The maximum absolute atomic E-state index is 10.1. The third-order valence-corrected chi connectivity index (χ3v) is 1.50. The number of aryl methyl sites for hydroxylation is 1. The molecule has 0 fully saturated rings. The third kappa shape index (κ3) is 2.36. The lowest BCUT2D eigenvalue weighted by atomic mass is 10.2. The highest BCUT2D eigenvalue weighted by Crippen LogP contribution is 2.08. The lowest BCUT2D eigenvalue weighted by molar-refractivity contribution is -0.113. The summed E-state index contributed by atoms with van der Waals surface area (Å²) in [4.78, 5) is 10.1. The van der Waals surface area contributed by atoms with Crippen molar-refractivity contribution < 1.29 is 9.90 Å². The van der Waals surface area contributed by atoms with Gasteiger partial charge in [-0.25, -0.2) is 0 Å². The molecule has 1 atom stereocenters. The van der Waals surface area contributed by atoms with Gasteiger partial charge < -0.3 is 10.4 Å². The molecule has 3 heteroatoms. The van der Waals surface area contributed by atoms with Crippen LogP contribution in [0.5, 0.6) is 0 Å². The van der Waals surface area contributed by atoms with Crippen LogP contribution in [0.25, 0.3) is 0 Å². The van der Waals surface area contributed by atoms with Crippen molar-refractivity contribution in [3.8, 4) is 0 Å². The Bertz CT molecular complexity index is 256. The maximum atomic E-state index is 10.1. The number of anilines is 1. The zero-order valence-corrected chi connectivity index (χ0v) is 6.82. The smallest absolute Gasteiger partial charge is 0.181 e. The summed E-state index contributed by atoms with van der Waals surface area (Å²) >= 11 is 0. The topological polar surface area (TPSA) is 49.3 Å². The molecule has 1 rings (SSSR count). The van der Waals surface area contributed by atoms with Gasteiger partial charge in [0.05, 0.1) is 0 Å². The Hall–Kier alpha value is -1.35. The molecule has 1 unspecified atom stereocenters. The van der Waals surface area contributed by atoms with Gasteiger partial charge in [0.25, 0.3) is 0 Å². The van der Waals surface area contributed by atoms with Gasteiger partial charge in [-0.1, -0.05) is 17.7 Å². The van der Waals surface area contributed by atoms with E-state index in [1.807, 2.05) is 31.2 Å². The van der Waals surface area contributed by atoms with Gasteiger partial charge in [-0.2, -0.15) is 0 Å². The van der Waals surface area contributed by atoms with E-state index in [2.05, 4.69) is 5.32 Å². The summed E-state index contributed by atoms with van der Waals surface area (Å²) in [6.45, 7) is 1.97. The number of carbonyl (C=O) groups is 1. The van der Waals surface area contributed by atoms with Gasteiger partial charge in [0, 0.05) is 5.69 Å². The first-order valence-electron chi connectivity index (χ1n) is 3.69. The molecule has 0 bridgehead atoms. The second-order valence-corrected chi connectivity index (χ2v) is 2.59. The van der Waals surface area contributed by atoms with Crippen LogP contribution in [0.4, 0.5) is 5.69 Å². The van der Waals surface area contributed by atoms with Crippen molar-refractivity contribution in [2.45, 2.75) is 13.2 Å². The summed E-state index contributed by atoms with van der Waals surface area (Å²) in [7, 11) is 0. The predicted octanol–water partition coefficient (Wildman–Crippen LogP) is 0.924. The molecule has 0 amide bonds. The Labute approximate surface area is 71.0 Å². The van der Waals surface area contributed by atoms with Crippen LogP contribution in [-0.4, -0.2) is 17.6 Å². The van der Waals surface area contributed by atoms with Crippen molar-refractivity contribution in [2.75, 3.05) is 5.32 Å². The highest BCUT2D eigenvalue weighted by Gasteiger charge is 1.98. The largest absolute Gasteiger partial charge is 0.367 e. The van der Waals surface area contributed by atoms with Crippen molar-refractivity contribution in [1.29, 1.82) is 0 Å². The summed E-state index contributed by atoms with van der Waals surface area (Å²) in [5.74, 6) is 0. The normalized spacial score (nSPS) is 12.2. The average molecular weight is 165 g/mol. The van der Waals surface area contributed by atoms with Gasteiger partial charge in [0.2, 0.25) is 0 Å². The van der Waals surface area contributed by atoms with Gasteiger partial charge in [0.15, 0.2) is 12.5 Å². The van der Waals surface area contributed by atoms with Gasteiger partial charge in [-0.3, -0.25) is 4.79 Å². The number of aldehydes is 1.